The summed E-state index contributed by atoms with van der Waals surface area (Å²) in [4.78, 5) is 41.1. The molecule has 1 saturated carbocycles. The van der Waals surface area contributed by atoms with Crippen LogP contribution in [0, 0.1) is 5.92 Å². The molecule has 0 saturated heterocycles. The topological polar surface area (TPSA) is 75.7 Å². The fraction of sp³-hybridized carbons (Fsp3) is 0.423. The highest BCUT2D eigenvalue weighted by atomic mass is 35.5. The molecule has 2 aromatic rings. The van der Waals surface area contributed by atoms with Crippen molar-refractivity contribution in [2.75, 3.05) is 10.7 Å². The van der Waals surface area contributed by atoms with Gasteiger partial charge in [-0.3, -0.25) is 9.59 Å². The van der Waals surface area contributed by atoms with Gasteiger partial charge in [0.25, 0.3) is 11.8 Å². The van der Waals surface area contributed by atoms with E-state index in [1.54, 1.807) is 63.2 Å². The summed E-state index contributed by atoms with van der Waals surface area (Å²) in [5.74, 6) is -4.23. The number of benzene rings is 2. The molecule has 1 heterocycles. The van der Waals surface area contributed by atoms with E-state index >= 15 is 0 Å². The maximum atomic E-state index is 13.7. The van der Waals surface area contributed by atoms with E-state index in [0.717, 1.165) is 10.5 Å². The minimum Gasteiger partial charge on any atom is -0.444 e. The first-order valence-corrected chi connectivity index (χ1v) is 12.9. The van der Waals surface area contributed by atoms with E-state index in [-0.39, 0.29) is 36.6 Å². The number of amides is 2. The van der Waals surface area contributed by atoms with Crippen molar-refractivity contribution in [3.8, 4) is 0 Å². The third-order valence-electron chi connectivity index (χ3n) is 5.87. The van der Waals surface area contributed by atoms with Gasteiger partial charge in [0.05, 0.1) is 12.2 Å². The molecule has 2 atom stereocenters. The monoisotopic (exact) mass is 536 g/mol. The molecule has 0 aromatic heterocycles. The maximum absolute atomic E-state index is 13.7. The Hall–Kier alpha value is -2.65. The van der Waals surface area contributed by atoms with Gasteiger partial charge in [-0.2, -0.15) is 0 Å². The molecule has 10 heteroatoms. The SMILES string of the molecule is CC(C)(C)OC(=O)N[C@H]1CSc2ccc(C(=O)C[C@@H]3CC3(F)F)cc2N(Cc2ccc(Cl)cc2)C1=O. The van der Waals surface area contributed by atoms with Crippen LogP contribution in [0.2, 0.25) is 5.02 Å². The van der Waals surface area contributed by atoms with E-state index in [1.165, 1.54) is 16.7 Å². The van der Waals surface area contributed by atoms with Gasteiger partial charge in [0.1, 0.15) is 11.6 Å². The number of hydrogen-bond donors (Lipinski definition) is 1. The van der Waals surface area contributed by atoms with Gasteiger partial charge in [-0.25, -0.2) is 13.6 Å². The molecule has 0 spiro atoms. The highest BCUT2D eigenvalue weighted by Crippen LogP contribution is 2.51. The molecule has 192 valence electrons. The number of Topliss-reactive ketones (excluding diaryl/α,β-unsaturated/α-hetero) is 1. The molecular formula is C26H27ClF2N2O4S. The Morgan fingerprint density at radius 1 is 1.19 bits per heavy atom. The largest absolute Gasteiger partial charge is 0.444 e. The zero-order chi connectivity index (χ0) is 26.3. The minimum absolute atomic E-state index is 0.161. The average Bonchev–Trinajstić information content (AvgIpc) is 3.42. The molecular weight excluding hydrogens is 510 g/mol. The minimum atomic E-state index is -2.78. The van der Waals surface area contributed by atoms with Gasteiger partial charge in [-0.15, -0.1) is 11.8 Å². The summed E-state index contributed by atoms with van der Waals surface area (Å²) in [7, 11) is 0. The van der Waals surface area contributed by atoms with Gasteiger partial charge in [-0.05, 0) is 50.6 Å². The summed E-state index contributed by atoms with van der Waals surface area (Å²) in [5, 5.41) is 3.21. The summed E-state index contributed by atoms with van der Waals surface area (Å²) >= 11 is 7.37. The summed E-state index contributed by atoms with van der Waals surface area (Å²) in [6, 6.07) is 11.0. The molecule has 1 aliphatic carbocycles. The number of alkyl carbamates (subject to hydrolysis) is 1. The smallest absolute Gasteiger partial charge is 0.408 e. The first-order chi connectivity index (χ1) is 16.8. The van der Waals surface area contributed by atoms with Crippen LogP contribution in [0.15, 0.2) is 47.4 Å². The van der Waals surface area contributed by atoms with Crippen molar-refractivity contribution in [3.05, 3.63) is 58.6 Å². The van der Waals surface area contributed by atoms with E-state index in [2.05, 4.69) is 5.32 Å². The quantitative estimate of drug-likeness (QED) is 0.451. The number of anilines is 1. The number of ketones is 1. The van der Waals surface area contributed by atoms with Gasteiger partial charge >= 0.3 is 6.09 Å². The van der Waals surface area contributed by atoms with Crippen molar-refractivity contribution in [2.45, 2.75) is 62.6 Å². The number of carbonyl (C=O) groups excluding carboxylic acids is 3. The number of alkyl halides is 2. The second kappa shape index (κ2) is 10.0. The van der Waals surface area contributed by atoms with Crippen LogP contribution in [-0.4, -0.2) is 41.1 Å². The van der Waals surface area contributed by atoms with Crippen molar-refractivity contribution < 1.29 is 27.9 Å². The zero-order valence-corrected chi connectivity index (χ0v) is 21.7. The van der Waals surface area contributed by atoms with Crippen LogP contribution in [0.5, 0.6) is 0 Å². The first-order valence-electron chi connectivity index (χ1n) is 11.6. The predicted octanol–water partition coefficient (Wildman–Crippen LogP) is 6.10. The lowest BCUT2D eigenvalue weighted by atomic mass is 10.0. The molecule has 6 nitrogen and oxygen atoms in total. The summed E-state index contributed by atoms with van der Waals surface area (Å²) in [6.07, 6.45) is -1.23. The van der Waals surface area contributed by atoms with Crippen LogP contribution in [0.4, 0.5) is 19.3 Å². The number of ether oxygens (including phenoxy) is 1. The van der Waals surface area contributed by atoms with E-state index in [0.29, 0.717) is 10.7 Å². The summed E-state index contributed by atoms with van der Waals surface area (Å²) in [6.45, 7) is 5.35. The van der Waals surface area contributed by atoms with Crippen LogP contribution in [-0.2, 0) is 16.1 Å². The van der Waals surface area contributed by atoms with Gasteiger partial charge in [-0.1, -0.05) is 29.8 Å². The van der Waals surface area contributed by atoms with Gasteiger partial charge in [0.2, 0.25) is 0 Å². The number of rotatable bonds is 6. The molecule has 2 aromatic carbocycles. The molecule has 4 rings (SSSR count). The Bertz CT molecular complexity index is 1180. The molecule has 1 fully saturated rings. The molecule has 0 radical (unpaired) electrons. The van der Waals surface area contributed by atoms with E-state index < -0.39 is 35.4 Å². The lowest BCUT2D eigenvalue weighted by Crippen LogP contribution is -2.50. The fourth-order valence-electron chi connectivity index (χ4n) is 3.90. The van der Waals surface area contributed by atoms with E-state index in [9.17, 15) is 23.2 Å². The number of carbonyl (C=O) groups is 3. The van der Waals surface area contributed by atoms with Crippen LogP contribution < -0.4 is 10.2 Å². The molecule has 1 N–H and O–H groups in total. The molecule has 1 aliphatic heterocycles. The average molecular weight is 537 g/mol. The van der Waals surface area contributed by atoms with Crippen molar-refractivity contribution in [3.63, 3.8) is 0 Å². The Kier molecular flexibility index (Phi) is 7.35. The van der Waals surface area contributed by atoms with Crippen molar-refractivity contribution >= 4 is 46.8 Å². The Labute approximate surface area is 217 Å². The number of hydrogen-bond acceptors (Lipinski definition) is 5. The molecule has 2 aliphatic rings. The molecule has 0 bridgehead atoms. The van der Waals surface area contributed by atoms with Gasteiger partial charge < -0.3 is 15.0 Å². The standard InChI is InChI=1S/C26H27ClF2N2O4S/c1-25(2,3)35-24(34)30-19-14-36-22-9-6-16(21(32)11-17-12-26(17,28)29)10-20(22)31(23(19)33)13-15-4-7-18(27)8-5-15/h4-10,17,19H,11-14H2,1-3H3,(H,30,34)/t17-,19+/m1/s1. The van der Waals surface area contributed by atoms with Crippen LogP contribution in [0.3, 0.4) is 0 Å². The predicted molar refractivity (Wildman–Crippen MR) is 135 cm³/mol. The molecule has 0 unspecified atom stereocenters. The van der Waals surface area contributed by atoms with Gasteiger partial charge in [0.15, 0.2) is 5.78 Å². The third kappa shape index (κ3) is 6.37. The Morgan fingerprint density at radius 2 is 1.86 bits per heavy atom. The Morgan fingerprint density at radius 3 is 2.47 bits per heavy atom. The lowest BCUT2D eigenvalue weighted by Gasteiger charge is -2.27. The van der Waals surface area contributed by atoms with Crippen LogP contribution >= 0.6 is 23.4 Å². The number of fused-ring (bicyclic) bond motifs is 1. The first kappa shape index (κ1) is 26.4. The summed E-state index contributed by atoms with van der Waals surface area (Å²) in [5.41, 5.74) is 0.812. The number of nitrogens with zero attached hydrogens (tertiary/aromatic N) is 1. The highest BCUT2D eigenvalue weighted by molar-refractivity contribution is 7.99. The maximum Gasteiger partial charge on any atom is 0.408 e. The lowest BCUT2D eigenvalue weighted by molar-refractivity contribution is -0.120. The van der Waals surface area contributed by atoms with E-state index in [4.69, 9.17) is 16.3 Å². The second-order valence-electron chi connectivity index (χ2n) is 10.0. The van der Waals surface area contributed by atoms with Gasteiger partial charge in [0, 0.05) is 40.0 Å². The van der Waals surface area contributed by atoms with Crippen LogP contribution in [0.1, 0.15) is 49.5 Å². The molecule has 2 amide bonds. The van der Waals surface area contributed by atoms with Crippen molar-refractivity contribution in [1.82, 2.24) is 5.32 Å². The fourth-order valence-corrected chi connectivity index (χ4v) is 5.08. The number of nitrogens with one attached hydrogen (secondary N) is 1. The second-order valence-corrected chi connectivity index (χ2v) is 11.5. The van der Waals surface area contributed by atoms with E-state index in [1.807, 2.05) is 0 Å². The third-order valence-corrected chi connectivity index (χ3v) is 7.28. The summed E-state index contributed by atoms with van der Waals surface area (Å²) < 4.78 is 32.1. The number of halogens is 3. The zero-order valence-electron chi connectivity index (χ0n) is 20.1. The van der Waals surface area contributed by atoms with Crippen LogP contribution in [0.25, 0.3) is 0 Å². The number of thioether (sulfide) groups is 1. The molecule has 36 heavy (non-hydrogen) atoms. The highest BCUT2D eigenvalue weighted by Gasteiger charge is 2.57. The van der Waals surface area contributed by atoms with Crippen molar-refractivity contribution in [1.29, 1.82) is 0 Å². The normalized spacial score (nSPS) is 20.8. The van der Waals surface area contributed by atoms with Crippen molar-refractivity contribution in [2.24, 2.45) is 5.92 Å². The Balaban J connectivity index is 1.63.